The second-order valence-corrected chi connectivity index (χ2v) is 3.23. The fourth-order valence-corrected chi connectivity index (χ4v) is 1.03. The van der Waals surface area contributed by atoms with Crippen LogP contribution in [0.5, 0.6) is 0 Å². The van der Waals surface area contributed by atoms with Crippen molar-refractivity contribution < 1.29 is 115 Å². The van der Waals surface area contributed by atoms with Crippen molar-refractivity contribution in [3.05, 3.63) is 109 Å². The van der Waals surface area contributed by atoms with Crippen molar-refractivity contribution in [3.63, 3.8) is 0 Å². The molecule has 3 rings (SSSR count). The topological polar surface area (TPSA) is 0 Å². The van der Waals surface area contributed by atoms with E-state index in [0.29, 0.717) is 0 Å². The van der Waals surface area contributed by atoms with Crippen molar-refractivity contribution >= 4 is 0 Å². The molecule has 3 aromatic rings. The molecule has 0 N–H and O–H groups in total. The second kappa shape index (κ2) is 35.3. The minimum atomic E-state index is 0. The third kappa shape index (κ3) is 31.0. The Kier molecular flexibility index (Phi) is 58.8. The number of rotatable bonds is 0. The van der Waals surface area contributed by atoms with E-state index in [0.717, 1.165) is 0 Å². The first-order chi connectivity index (χ1) is 9.00. The van der Waals surface area contributed by atoms with Gasteiger partial charge in [0.1, 0.15) is 0 Å². The van der Waals surface area contributed by atoms with E-state index >= 15 is 0 Å². The summed E-state index contributed by atoms with van der Waals surface area (Å²) in [6, 6.07) is 37.5. The molecule has 0 saturated carbocycles. The Balaban J connectivity index is -0.0000000450. The smallest absolute Gasteiger partial charge is 1.00 e. The molecule has 0 radical (unpaired) electrons. The van der Waals surface area contributed by atoms with Crippen LogP contribution in [0.25, 0.3) is 0 Å². The van der Waals surface area contributed by atoms with Gasteiger partial charge in [-0.05, 0) is 0 Å². The Hall–Kier alpha value is 1.15. The van der Waals surface area contributed by atoms with Crippen LogP contribution < -0.4 is 53.4 Å². The molecule has 3 aromatic carbocycles. The van der Waals surface area contributed by atoms with Crippen LogP contribution in [0.4, 0.5) is 0 Å². The number of benzene rings is 3. The Labute approximate surface area is 221 Å². The maximum Gasteiger partial charge on any atom is 2.00 e. The fraction of sp³-hybridized carbons (Fsp3) is 0. The van der Waals surface area contributed by atoms with Gasteiger partial charge in [-0.25, -0.2) is 0 Å². The molecule has 0 saturated heterocycles. The summed E-state index contributed by atoms with van der Waals surface area (Å²) in [5.41, 5.74) is 0. The fourth-order valence-electron chi connectivity index (χ4n) is 1.03. The van der Waals surface area contributed by atoms with Gasteiger partial charge in [0, 0.05) is 0 Å². The molecule has 138 valence electrons. The van der Waals surface area contributed by atoms with Crippen LogP contribution in [-0.4, -0.2) is 0 Å². The zero-order chi connectivity index (χ0) is 12.7. The largest absolute Gasteiger partial charge is 2.00 e. The zero-order valence-electron chi connectivity index (χ0n) is 12.2. The average molecular weight is 793 g/mol. The van der Waals surface area contributed by atoms with Crippen LogP contribution in [0, 0.1) is 18.2 Å². The van der Waals surface area contributed by atoms with Crippen LogP contribution in [0.2, 0.25) is 0 Å². The van der Waals surface area contributed by atoms with Crippen molar-refractivity contribution in [1.82, 2.24) is 0 Å². The van der Waals surface area contributed by atoms with Crippen LogP contribution in [0.15, 0.2) is 91.0 Å². The predicted molar refractivity (Wildman–Crippen MR) is 75.8 cm³/mol. The van der Waals surface area contributed by atoms with E-state index in [4.69, 9.17) is 0 Å². The summed E-state index contributed by atoms with van der Waals surface area (Å²) in [6.45, 7) is 0. The van der Waals surface area contributed by atoms with Gasteiger partial charge in [-0.2, -0.15) is 109 Å². The number of halogens is 3. The van der Waals surface area contributed by atoms with Crippen LogP contribution in [0.3, 0.4) is 0 Å². The summed E-state index contributed by atoms with van der Waals surface area (Å²) in [6.07, 6.45) is 0. The third-order valence-corrected chi connectivity index (χ3v) is 1.82. The SMILES string of the molecule is [Br-].[Cl-].[I-].[Pd+2].[Pd+2].[Pd+2].[c-]1ccccc1.[c-]1ccccc1.[c-]1ccccc1. The maximum absolute atomic E-state index is 2.89. The van der Waals surface area contributed by atoms with Gasteiger partial charge >= 0.3 is 61.3 Å². The van der Waals surface area contributed by atoms with Crippen molar-refractivity contribution in [3.8, 4) is 0 Å². The van der Waals surface area contributed by atoms with Crippen LogP contribution in [0.1, 0.15) is 0 Å². The molecule has 0 aromatic heterocycles. The molecular weight excluding hydrogens is 778 g/mol. The van der Waals surface area contributed by atoms with Crippen molar-refractivity contribution in [2.24, 2.45) is 0 Å². The van der Waals surface area contributed by atoms with E-state index in [1.165, 1.54) is 0 Å². The second-order valence-electron chi connectivity index (χ2n) is 3.23. The molecule has 24 heavy (non-hydrogen) atoms. The maximum atomic E-state index is 2.89. The minimum Gasteiger partial charge on any atom is -1.00 e. The molecule has 0 aliphatic rings. The monoisotopic (exact) mass is 790 g/mol. The van der Waals surface area contributed by atoms with Crippen LogP contribution >= 0.6 is 0 Å². The molecular formula is C18H15BrClIPd3. The Morgan fingerprint density at radius 1 is 0.375 bits per heavy atom. The van der Waals surface area contributed by atoms with E-state index in [1.807, 2.05) is 91.0 Å². The molecule has 0 heterocycles. The normalized spacial score (nSPS) is 6.00. The average Bonchev–Trinajstić information content (AvgIpc) is 2.54. The summed E-state index contributed by atoms with van der Waals surface area (Å²) < 4.78 is 0. The number of hydrogen-bond acceptors (Lipinski definition) is 0. The quantitative estimate of drug-likeness (QED) is 0.123. The molecule has 6 heteroatoms. The Morgan fingerprint density at radius 2 is 0.542 bits per heavy atom. The summed E-state index contributed by atoms with van der Waals surface area (Å²) in [7, 11) is 0. The summed E-state index contributed by atoms with van der Waals surface area (Å²) in [5.74, 6) is 0. The van der Waals surface area contributed by atoms with Crippen LogP contribution in [-0.2, 0) is 61.3 Å². The molecule has 0 atom stereocenters. The van der Waals surface area contributed by atoms with Gasteiger partial charge in [0.05, 0.1) is 0 Å². The van der Waals surface area contributed by atoms with Gasteiger partial charge in [-0.3, -0.25) is 0 Å². The first-order valence-corrected chi connectivity index (χ1v) is 5.73. The van der Waals surface area contributed by atoms with Gasteiger partial charge in [-0.1, -0.05) is 0 Å². The van der Waals surface area contributed by atoms with E-state index < -0.39 is 0 Å². The standard InChI is InChI=1S/3C6H5.BrH.ClH.HI.3Pd/c3*1-2-4-6-5-3-1;;;;;;/h3*1-5H;3*1H;;;/q3*-1;;;;3*+2/p-3. The van der Waals surface area contributed by atoms with E-state index in [9.17, 15) is 0 Å². The molecule has 0 unspecified atom stereocenters. The Morgan fingerprint density at radius 3 is 0.583 bits per heavy atom. The molecule has 0 nitrogen and oxygen atoms in total. The first-order valence-electron chi connectivity index (χ1n) is 5.73. The molecule has 0 amide bonds. The van der Waals surface area contributed by atoms with Gasteiger partial charge in [-0.15, -0.1) is 0 Å². The molecule has 0 bridgehead atoms. The van der Waals surface area contributed by atoms with Crippen molar-refractivity contribution in [2.75, 3.05) is 0 Å². The molecule has 0 spiro atoms. The van der Waals surface area contributed by atoms with E-state index in [-0.39, 0.29) is 115 Å². The molecule has 0 aliphatic carbocycles. The van der Waals surface area contributed by atoms with Gasteiger partial charge < -0.3 is 53.4 Å². The van der Waals surface area contributed by atoms with Crippen molar-refractivity contribution in [2.45, 2.75) is 0 Å². The Bertz CT molecular complexity index is 321. The predicted octanol–water partition coefficient (Wildman–Crippen LogP) is -4.54. The zero-order valence-corrected chi connectivity index (χ0v) is 21.4. The van der Waals surface area contributed by atoms with E-state index in [1.54, 1.807) is 0 Å². The summed E-state index contributed by atoms with van der Waals surface area (Å²) in [4.78, 5) is 0. The number of hydrogen-bond donors (Lipinski definition) is 0. The van der Waals surface area contributed by atoms with Gasteiger partial charge in [0.2, 0.25) is 0 Å². The summed E-state index contributed by atoms with van der Waals surface area (Å²) in [5, 5.41) is 0. The molecule has 0 fully saturated rings. The molecule has 0 aliphatic heterocycles. The van der Waals surface area contributed by atoms with Gasteiger partial charge in [0.25, 0.3) is 0 Å². The van der Waals surface area contributed by atoms with Gasteiger partial charge in [0.15, 0.2) is 0 Å². The first kappa shape index (κ1) is 40.0. The summed E-state index contributed by atoms with van der Waals surface area (Å²) >= 11 is 0. The third-order valence-electron chi connectivity index (χ3n) is 1.82. The van der Waals surface area contributed by atoms with Crippen molar-refractivity contribution in [1.29, 1.82) is 0 Å². The minimum absolute atomic E-state index is 0. The van der Waals surface area contributed by atoms with E-state index in [2.05, 4.69) is 18.2 Å².